The average molecular weight is 404 g/mol. The lowest BCUT2D eigenvalue weighted by Gasteiger charge is -2.22. The Hall–Kier alpha value is -3.52. The molecule has 0 saturated heterocycles. The van der Waals surface area contributed by atoms with E-state index in [1.807, 2.05) is 60.5 Å². The molecule has 0 radical (unpaired) electrons. The van der Waals surface area contributed by atoms with Crippen molar-refractivity contribution in [2.75, 3.05) is 6.54 Å². The van der Waals surface area contributed by atoms with Gasteiger partial charge < -0.3 is 10.1 Å². The van der Waals surface area contributed by atoms with E-state index in [0.717, 1.165) is 40.9 Å². The fourth-order valence-corrected chi connectivity index (χ4v) is 3.90. The molecule has 0 spiro atoms. The summed E-state index contributed by atoms with van der Waals surface area (Å²) in [5, 5.41) is 26.0. The van der Waals surface area contributed by atoms with Gasteiger partial charge in [-0.15, -0.1) is 10.2 Å². The lowest BCUT2D eigenvalue weighted by atomic mass is 9.96. The molecule has 0 bridgehead atoms. The molecule has 1 aliphatic heterocycles. The van der Waals surface area contributed by atoms with Gasteiger partial charge in [-0.3, -0.25) is 0 Å². The van der Waals surface area contributed by atoms with Gasteiger partial charge in [0, 0.05) is 24.2 Å². The third kappa shape index (κ3) is 3.81. The summed E-state index contributed by atoms with van der Waals surface area (Å²) in [6, 6.07) is 15.9. The average Bonchev–Trinajstić information content (AvgIpc) is 3.37. The van der Waals surface area contributed by atoms with Crippen LogP contribution >= 0.6 is 0 Å². The highest BCUT2D eigenvalue weighted by atomic mass is 16.4. The van der Waals surface area contributed by atoms with Crippen LogP contribution in [0.5, 0.6) is 0 Å². The molecule has 2 aromatic carbocycles. The lowest BCUT2D eigenvalue weighted by Crippen LogP contribution is -2.37. The number of aromatic nitrogens is 4. The summed E-state index contributed by atoms with van der Waals surface area (Å²) in [4.78, 5) is 11.8. The van der Waals surface area contributed by atoms with Gasteiger partial charge >= 0.3 is 5.97 Å². The number of carbonyl (C=O) groups is 1. The van der Waals surface area contributed by atoms with Crippen molar-refractivity contribution in [3.05, 3.63) is 65.4 Å². The van der Waals surface area contributed by atoms with Crippen LogP contribution in [0.3, 0.4) is 0 Å². The highest BCUT2D eigenvalue weighted by Gasteiger charge is 2.32. The molecular weight excluding hydrogens is 380 g/mol. The number of benzene rings is 2. The summed E-state index contributed by atoms with van der Waals surface area (Å²) >= 11 is 0. The van der Waals surface area contributed by atoms with E-state index in [4.69, 9.17) is 0 Å². The van der Waals surface area contributed by atoms with Crippen LogP contribution in [0.25, 0.3) is 22.5 Å². The molecule has 3 aromatic rings. The predicted octanol–water partition coefficient (Wildman–Crippen LogP) is 3.03. The number of allylic oxidation sites excluding steroid dienone is 1. The summed E-state index contributed by atoms with van der Waals surface area (Å²) in [6.07, 6.45) is 1.49. The molecule has 30 heavy (non-hydrogen) atoms. The number of rotatable bonds is 7. The van der Waals surface area contributed by atoms with Crippen LogP contribution in [-0.2, 0) is 11.2 Å². The monoisotopic (exact) mass is 404 g/mol. The van der Waals surface area contributed by atoms with Gasteiger partial charge in [0.05, 0.1) is 11.6 Å². The van der Waals surface area contributed by atoms with Crippen molar-refractivity contribution in [1.29, 1.82) is 0 Å². The highest BCUT2D eigenvalue weighted by Crippen LogP contribution is 2.31. The van der Waals surface area contributed by atoms with Gasteiger partial charge in [-0.25, -0.2) is 10.2 Å². The molecule has 1 unspecified atom stereocenters. The van der Waals surface area contributed by atoms with Gasteiger partial charge in [-0.2, -0.15) is 5.21 Å². The van der Waals surface area contributed by atoms with Crippen LogP contribution in [0, 0.1) is 0 Å². The normalized spacial score (nSPS) is 16.3. The number of nitrogens with zero attached hydrogens (tertiary/aromatic N) is 4. The highest BCUT2D eigenvalue weighted by molar-refractivity contribution is 5.89. The van der Waals surface area contributed by atoms with Crippen LogP contribution in [-0.4, -0.2) is 49.3 Å². The molecule has 8 heteroatoms. The van der Waals surface area contributed by atoms with Crippen LogP contribution in [0.1, 0.15) is 25.8 Å². The quantitative estimate of drug-likeness (QED) is 0.556. The fourth-order valence-electron chi connectivity index (χ4n) is 3.90. The molecule has 4 rings (SSSR count). The number of tetrazole rings is 1. The maximum atomic E-state index is 11.8. The molecule has 0 aliphatic carbocycles. The van der Waals surface area contributed by atoms with Gasteiger partial charge in [-0.05, 0) is 35.2 Å². The summed E-state index contributed by atoms with van der Waals surface area (Å²) in [5.74, 6) is -0.318. The first-order valence-corrected chi connectivity index (χ1v) is 10.0. The van der Waals surface area contributed by atoms with Gasteiger partial charge in [0.15, 0.2) is 0 Å². The Balaban J connectivity index is 1.63. The first-order valence-electron chi connectivity index (χ1n) is 10.0. The first-order chi connectivity index (χ1) is 14.6. The lowest BCUT2D eigenvalue weighted by molar-refractivity contribution is -0.132. The SMILES string of the molecule is CCCN1NC(C)C(C(=O)O)=C1Cc1ccc(-c2ccccc2-c2nn[nH]n2)cc1. The van der Waals surface area contributed by atoms with Crippen molar-refractivity contribution >= 4 is 5.97 Å². The number of H-pyrrole nitrogens is 1. The second kappa shape index (κ2) is 8.46. The topological polar surface area (TPSA) is 107 Å². The van der Waals surface area contributed by atoms with E-state index >= 15 is 0 Å². The summed E-state index contributed by atoms with van der Waals surface area (Å²) in [7, 11) is 0. The number of aromatic amines is 1. The Labute approximate surface area is 174 Å². The van der Waals surface area contributed by atoms with Crippen molar-refractivity contribution < 1.29 is 9.90 Å². The molecule has 2 heterocycles. The molecule has 0 saturated carbocycles. The molecule has 1 aromatic heterocycles. The maximum absolute atomic E-state index is 11.8. The third-order valence-electron chi connectivity index (χ3n) is 5.25. The van der Waals surface area contributed by atoms with E-state index in [-0.39, 0.29) is 6.04 Å². The minimum atomic E-state index is -0.866. The van der Waals surface area contributed by atoms with Crippen molar-refractivity contribution in [1.82, 2.24) is 31.1 Å². The number of hydrazine groups is 1. The van der Waals surface area contributed by atoms with Gasteiger partial charge in [-0.1, -0.05) is 55.5 Å². The van der Waals surface area contributed by atoms with E-state index in [0.29, 0.717) is 17.8 Å². The predicted molar refractivity (Wildman–Crippen MR) is 113 cm³/mol. The van der Waals surface area contributed by atoms with E-state index in [1.165, 1.54) is 0 Å². The number of hydrogen-bond donors (Lipinski definition) is 3. The number of nitrogens with one attached hydrogen (secondary N) is 2. The number of aliphatic carboxylic acids is 1. The zero-order valence-corrected chi connectivity index (χ0v) is 17.0. The molecule has 3 N–H and O–H groups in total. The Morgan fingerprint density at radius 1 is 1.13 bits per heavy atom. The maximum Gasteiger partial charge on any atom is 0.335 e. The Bertz CT molecular complexity index is 1060. The van der Waals surface area contributed by atoms with Crippen molar-refractivity contribution in [3.63, 3.8) is 0 Å². The van der Waals surface area contributed by atoms with Crippen molar-refractivity contribution in [3.8, 4) is 22.5 Å². The molecule has 1 aliphatic rings. The zero-order valence-electron chi connectivity index (χ0n) is 17.0. The van der Waals surface area contributed by atoms with E-state index in [2.05, 4.69) is 33.0 Å². The second-order valence-corrected chi connectivity index (χ2v) is 7.32. The van der Waals surface area contributed by atoms with Gasteiger partial charge in [0.25, 0.3) is 0 Å². The Morgan fingerprint density at radius 2 is 1.87 bits per heavy atom. The summed E-state index contributed by atoms with van der Waals surface area (Å²) < 4.78 is 0. The molecule has 154 valence electrons. The van der Waals surface area contributed by atoms with E-state index in [9.17, 15) is 9.90 Å². The minimum absolute atomic E-state index is 0.204. The van der Waals surface area contributed by atoms with E-state index < -0.39 is 5.97 Å². The second-order valence-electron chi connectivity index (χ2n) is 7.32. The smallest absolute Gasteiger partial charge is 0.335 e. The van der Waals surface area contributed by atoms with Crippen molar-refractivity contribution in [2.24, 2.45) is 0 Å². The number of carboxylic acid groups (broad SMARTS) is 1. The van der Waals surface area contributed by atoms with Crippen LogP contribution < -0.4 is 5.43 Å². The standard InChI is InChI=1S/C22H24N6O2/c1-3-12-28-19(20(22(29)30)14(2)25-28)13-15-8-10-16(11-9-15)17-6-4-5-7-18(17)21-23-26-27-24-21/h4-11,14,25H,3,12-13H2,1-2H3,(H,29,30)(H,23,24,26,27). The fraction of sp³-hybridized carbons (Fsp3) is 0.273. The zero-order chi connectivity index (χ0) is 21.1. The Morgan fingerprint density at radius 3 is 2.50 bits per heavy atom. The van der Waals surface area contributed by atoms with Crippen LogP contribution in [0.15, 0.2) is 59.8 Å². The van der Waals surface area contributed by atoms with Crippen LogP contribution in [0.4, 0.5) is 0 Å². The molecular formula is C22H24N6O2. The third-order valence-corrected chi connectivity index (χ3v) is 5.25. The Kier molecular flexibility index (Phi) is 5.58. The first kappa shape index (κ1) is 19.8. The van der Waals surface area contributed by atoms with Gasteiger partial charge in [0.2, 0.25) is 5.82 Å². The molecule has 1 atom stereocenters. The summed E-state index contributed by atoms with van der Waals surface area (Å²) in [6.45, 7) is 4.74. The minimum Gasteiger partial charge on any atom is -0.478 e. The van der Waals surface area contributed by atoms with Crippen molar-refractivity contribution in [2.45, 2.75) is 32.7 Å². The largest absolute Gasteiger partial charge is 0.478 e. The molecule has 0 amide bonds. The van der Waals surface area contributed by atoms with Crippen LogP contribution in [0.2, 0.25) is 0 Å². The molecule has 0 fully saturated rings. The molecule has 8 nitrogen and oxygen atoms in total. The number of carboxylic acids is 1. The summed E-state index contributed by atoms with van der Waals surface area (Å²) in [5.41, 5.74) is 8.55. The number of hydrogen-bond acceptors (Lipinski definition) is 6. The van der Waals surface area contributed by atoms with Gasteiger partial charge in [0.1, 0.15) is 0 Å². The van der Waals surface area contributed by atoms with E-state index in [1.54, 1.807) is 0 Å².